The fraction of sp³-hybridized carbons (Fsp3) is 0.464. The molecule has 0 atom stereocenters. The van der Waals surface area contributed by atoms with Gasteiger partial charge in [-0.05, 0) is 62.9 Å². The number of nitrogens with one attached hydrogen (secondary N) is 2. The number of methoxy groups -OCH3 is 1. The van der Waals surface area contributed by atoms with Crippen LogP contribution < -0.4 is 35.4 Å². The smallest absolute Gasteiger partial charge is 0.313 e. The van der Waals surface area contributed by atoms with Gasteiger partial charge in [-0.2, -0.15) is 0 Å². The van der Waals surface area contributed by atoms with Crippen LogP contribution in [0.5, 0.6) is 17.2 Å². The number of hydrogen-bond acceptors (Lipinski definition) is 7. The highest BCUT2D eigenvalue weighted by Crippen LogP contribution is 2.27. The summed E-state index contributed by atoms with van der Waals surface area (Å²) < 4.78 is 32.7. The van der Waals surface area contributed by atoms with Crippen molar-refractivity contribution >= 4 is 23.3 Å². The van der Waals surface area contributed by atoms with Crippen molar-refractivity contribution in [2.24, 2.45) is 10.9 Å². The molecule has 10 heteroatoms. The van der Waals surface area contributed by atoms with E-state index in [0.29, 0.717) is 61.2 Å². The van der Waals surface area contributed by atoms with Crippen molar-refractivity contribution in [3.8, 4) is 17.2 Å². The molecule has 0 bridgehead atoms. The molecule has 5 rings (SSSR count). The van der Waals surface area contributed by atoms with E-state index in [9.17, 15) is 14.0 Å². The van der Waals surface area contributed by atoms with Crippen molar-refractivity contribution in [3.05, 3.63) is 46.7 Å². The lowest BCUT2D eigenvalue weighted by molar-refractivity contribution is -0.142. The molecule has 3 heterocycles. The number of likely N-dealkylation sites (tertiary alicyclic amines) is 1. The molecule has 38 heavy (non-hydrogen) atoms. The second-order valence-electron chi connectivity index (χ2n) is 9.78. The predicted octanol–water partition coefficient (Wildman–Crippen LogP) is 1.98. The molecule has 3 aliphatic rings. The van der Waals surface area contributed by atoms with Gasteiger partial charge < -0.3 is 29.7 Å². The topological polar surface area (TPSA) is 101 Å². The van der Waals surface area contributed by atoms with E-state index >= 15 is 0 Å². The number of ether oxygens (including phenoxy) is 3. The molecular weight excluding hydrogens is 491 g/mol. The maximum atomic E-state index is 15.0. The molecule has 2 saturated heterocycles. The Morgan fingerprint density at radius 1 is 1.11 bits per heavy atom. The molecule has 9 nitrogen and oxygen atoms in total. The van der Waals surface area contributed by atoms with Crippen LogP contribution in [0.2, 0.25) is 0 Å². The van der Waals surface area contributed by atoms with E-state index in [4.69, 9.17) is 14.2 Å². The minimum atomic E-state index is -0.776. The zero-order valence-corrected chi connectivity index (χ0v) is 21.6. The van der Waals surface area contributed by atoms with E-state index in [2.05, 4.69) is 15.6 Å². The molecule has 0 radical (unpaired) electrons. The summed E-state index contributed by atoms with van der Waals surface area (Å²) in [6, 6.07) is 7.78. The van der Waals surface area contributed by atoms with Crippen molar-refractivity contribution in [3.63, 3.8) is 0 Å². The third-order valence-electron chi connectivity index (χ3n) is 7.15. The van der Waals surface area contributed by atoms with E-state index in [-0.39, 0.29) is 11.4 Å². The molecule has 0 saturated carbocycles. The van der Waals surface area contributed by atoms with Gasteiger partial charge in [-0.25, -0.2) is 4.39 Å². The number of piperidine rings is 1. The molecule has 0 spiro atoms. The zero-order chi connectivity index (χ0) is 26.5. The summed E-state index contributed by atoms with van der Waals surface area (Å²) in [6.45, 7) is 4.24. The minimum Gasteiger partial charge on any atom is -0.493 e. The van der Waals surface area contributed by atoms with Gasteiger partial charge in [0.1, 0.15) is 5.76 Å². The van der Waals surface area contributed by atoms with Crippen LogP contribution >= 0.6 is 0 Å². The van der Waals surface area contributed by atoms with Gasteiger partial charge >= 0.3 is 11.8 Å². The molecule has 2 fully saturated rings. The van der Waals surface area contributed by atoms with Crippen molar-refractivity contribution < 1.29 is 28.2 Å². The lowest BCUT2D eigenvalue weighted by atomic mass is 9.99. The second kappa shape index (κ2) is 11.8. The molecule has 202 valence electrons. The van der Waals surface area contributed by atoms with Crippen LogP contribution in [0.3, 0.4) is 0 Å². The third kappa shape index (κ3) is 5.91. The first-order chi connectivity index (χ1) is 18.5. The lowest BCUT2D eigenvalue weighted by Gasteiger charge is -2.23. The number of fused-ring (bicyclic) bond motifs is 1. The summed E-state index contributed by atoms with van der Waals surface area (Å²) in [5.74, 6) is 0.244. The zero-order valence-electron chi connectivity index (χ0n) is 21.6. The molecule has 0 aliphatic carbocycles. The number of rotatable bonds is 7. The first kappa shape index (κ1) is 26.0. The van der Waals surface area contributed by atoms with Crippen molar-refractivity contribution in [2.45, 2.75) is 32.1 Å². The second-order valence-corrected chi connectivity index (χ2v) is 9.78. The standard InChI is InChI=1S/C28H33FN4O5/c1-36-25-15-20-22(16-26(25)37-17-18-6-9-30-10-7-18)31-11-8-23(20)38-24-5-4-19(14-21(24)29)32-27(34)28(35)33-12-2-3-13-33/h4-5,14-16,18,30H,2-3,6-13,17H2,1H3,(H,32,34). The Hall–Kier alpha value is -3.66. The van der Waals surface area contributed by atoms with Gasteiger partial charge in [0, 0.05) is 49.1 Å². The van der Waals surface area contributed by atoms with Crippen molar-refractivity contribution in [2.75, 3.05) is 51.8 Å². The summed E-state index contributed by atoms with van der Waals surface area (Å²) in [4.78, 5) is 30.6. The Morgan fingerprint density at radius 3 is 2.63 bits per heavy atom. The van der Waals surface area contributed by atoms with Crippen LogP contribution in [0.25, 0.3) is 5.76 Å². The molecule has 0 unspecified atom stereocenters. The SMILES string of the molecule is COc1cc2c(cc1OCC1CCNCC1)=NCCC=2Oc1ccc(NC(=O)C(=O)N2CCCC2)cc1F. The Labute approximate surface area is 220 Å². The molecule has 2 amide bonds. The van der Waals surface area contributed by atoms with Gasteiger partial charge in [-0.15, -0.1) is 0 Å². The predicted molar refractivity (Wildman–Crippen MR) is 139 cm³/mol. The van der Waals surface area contributed by atoms with Gasteiger partial charge in [0.25, 0.3) is 0 Å². The quantitative estimate of drug-likeness (QED) is 0.538. The fourth-order valence-electron chi connectivity index (χ4n) is 4.99. The first-order valence-corrected chi connectivity index (χ1v) is 13.2. The van der Waals surface area contributed by atoms with Gasteiger partial charge in [0.2, 0.25) is 0 Å². The molecule has 2 aromatic rings. The number of carbonyl (C=O) groups is 2. The van der Waals surface area contributed by atoms with E-state index in [0.717, 1.165) is 50.1 Å². The summed E-state index contributed by atoms with van der Waals surface area (Å²) in [7, 11) is 1.58. The van der Waals surface area contributed by atoms with Crippen LogP contribution in [0.1, 0.15) is 32.1 Å². The minimum absolute atomic E-state index is 0.0157. The van der Waals surface area contributed by atoms with E-state index in [1.807, 2.05) is 12.1 Å². The average molecular weight is 525 g/mol. The Balaban J connectivity index is 1.32. The highest BCUT2D eigenvalue weighted by atomic mass is 19.1. The molecular formula is C28H33FN4O5. The lowest BCUT2D eigenvalue weighted by Crippen LogP contribution is -2.37. The number of anilines is 1. The summed E-state index contributed by atoms with van der Waals surface area (Å²) in [5.41, 5.74) is 0.189. The van der Waals surface area contributed by atoms with Crippen LogP contribution in [0.15, 0.2) is 35.3 Å². The number of benzene rings is 2. The Kier molecular flexibility index (Phi) is 8.07. The molecule has 0 aromatic heterocycles. The number of halogens is 1. The van der Waals surface area contributed by atoms with Crippen LogP contribution in [-0.2, 0) is 9.59 Å². The largest absolute Gasteiger partial charge is 0.493 e. The monoisotopic (exact) mass is 524 g/mol. The van der Waals surface area contributed by atoms with Crippen molar-refractivity contribution in [1.29, 1.82) is 0 Å². The average Bonchev–Trinajstić information content (AvgIpc) is 3.48. The van der Waals surface area contributed by atoms with Gasteiger partial charge in [-0.3, -0.25) is 14.6 Å². The normalized spacial score (nSPS) is 17.4. The van der Waals surface area contributed by atoms with Crippen molar-refractivity contribution in [1.82, 2.24) is 10.2 Å². The third-order valence-corrected chi connectivity index (χ3v) is 7.15. The van der Waals surface area contributed by atoms with Crippen LogP contribution in [0, 0.1) is 11.7 Å². The number of hydrogen-bond donors (Lipinski definition) is 2. The van der Waals surface area contributed by atoms with Gasteiger partial charge in [0.05, 0.1) is 19.1 Å². The van der Waals surface area contributed by atoms with Crippen LogP contribution in [-0.4, -0.2) is 63.2 Å². The van der Waals surface area contributed by atoms with Gasteiger partial charge in [0.15, 0.2) is 23.1 Å². The van der Waals surface area contributed by atoms with Gasteiger partial charge in [-0.1, -0.05) is 0 Å². The Bertz CT molecular complexity index is 1320. The van der Waals surface area contributed by atoms with E-state index in [1.165, 1.54) is 17.0 Å². The Morgan fingerprint density at radius 2 is 1.89 bits per heavy atom. The number of amides is 2. The summed E-state index contributed by atoms with van der Waals surface area (Å²) in [5, 5.41) is 7.26. The van der Waals surface area contributed by atoms with Crippen LogP contribution in [0.4, 0.5) is 10.1 Å². The highest BCUT2D eigenvalue weighted by Gasteiger charge is 2.25. The maximum Gasteiger partial charge on any atom is 0.313 e. The first-order valence-electron chi connectivity index (χ1n) is 13.2. The molecule has 2 N–H and O–H groups in total. The molecule has 3 aliphatic heterocycles. The van der Waals surface area contributed by atoms with E-state index in [1.54, 1.807) is 7.11 Å². The fourth-order valence-corrected chi connectivity index (χ4v) is 4.99. The highest BCUT2D eigenvalue weighted by molar-refractivity contribution is 6.39. The number of carbonyl (C=O) groups excluding carboxylic acids is 2. The maximum absolute atomic E-state index is 15.0. The van der Waals surface area contributed by atoms with E-state index < -0.39 is 17.6 Å². The summed E-state index contributed by atoms with van der Waals surface area (Å²) in [6.07, 6.45) is 4.41. The summed E-state index contributed by atoms with van der Waals surface area (Å²) >= 11 is 0. The molecule has 2 aromatic carbocycles. The number of nitrogens with zero attached hydrogens (tertiary/aromatic N) is 2.